The number of hydrogen-bond donors (Lipinski definition) is 2. The van der Waals surface area contributed by atoms with E-state index in [1.165, 1.54) is 12.1 Å². The number of thiocarbonyl (C=S) groups is 1. The minimum atomic E-state index is -4.39. The van der Waals surface area contributed by atoms with Gasteiger partial charge in [-0.1, -0.05) is 24.3 Å². The van der Waals surface area contributed by atoms with Gasteiger partial charge in [-0.25, -0.2) is 0 Å². The highest BCUT2D eigenvalue weighted by Crippen LogP contribution is 2.30. The summed E-state index contributed by atoms with van der Waals surface area (Å²) in [5.41, 5.74) is 0.579. The zero-order valence-corrected chi connectivity index (χ0v) is 14.7. The molecule has 134 valence electrons. The van der Waals surface area contributed by atoms with Crippen molar-refractivity contribution >= 4 is 23.0 Å². The molecule has 0 aliphatic heterocycles. The van der Waals surface area contributed by atoms with Crippen molar-refractivity contribution in [3.8, 4) is 5.75 Å². The molecule has 0 amide bonds. The second-order valence-electron chi connectivity index (χ2n) is 5.65. The molecular formula is C18H19F3N2OS. The third kappa shape index (κ3) is 5.94. The van der Waals surface area contributed by atoms with Gasteiger partial charge < -0.3 is 15.4 Å². The molecule has 0 bridgehead atoms. The molecule has 3 nitrogen and oxygen atoms in total. The van der Waals surface area contributed by atoms with E-state index in [1.807, 2.05) is 38.1 Å². The number of benzene rings is 2. The first kappa shape index (κ1) is 19.1. The number of rotatable bonds is 5. The molecule has 0 aromatic heterocycles. The summed E-state index contributed by atoms with van der Waals surface area (Å²) in [6.45, 7) is 4.20. The van der Waals surface area contributed by atoms with Crippen LogP contribution in [0.4, 0.5) is 18.9 Å². The first-order valence-electron chi connectivity index (χ1n) is 7.69. The molecule has 2 N–H and O–H groups in total. The van der Waals surface area contributed by atoms with Gasteiger partial charge in [0, 0.05) is 5.69 Å². The zero-order chi connectivity index (χ0) is 18.4. The van der Waals surface area contributed by atoms with Gasteiger partial charge in [0.25, 0.3) is 0 Å². The molecule has 0 heterocycles. The van der Waals surface area contributed by atoms with Crippen molar-refractivity contribution in [3.05, 3.63) is 59.7 Å². The molecule has 7 heteroatoms. The van der Waals surface area contributed by atoms with Crippen molar-refractivity contribution in [2.45, 2.75) is 26.1 Å². The van der Waals surface area contributed by atoms with Gasteiger partial charge in [-0.3, -0.25) is 0 Å². The standard InChI is InChI=1S/C18H19F3N2OS/c1-12-6-3-4-9-16(12)24-11-13(2)22-17(25)23-15-8-5-7-14(10-15)18(19,20)21/h3-10,13H,11H2,1-2H3,(H2,22,23,25)/t13-/m0/s1. The lowest BCUT2D eigenvalue weighted by Crippen LogP contribution is -2.39. The van der Waals surface area contributed by atoms with Crippen LogP contribution in [0.25, 0.3) is 0 Å². The smallest absolute Gasteiger partial charge is 0.416 e. The molecule has 0 spiro atoms. The Morgan fingerprint density at radius 3 is 2.56 bits per heavy atom. The van der Waals surface area contributed by atoms with Crippen LogP contribution in [0, 0.1) is 6.92 Å². The Morgan fingerprint density at radius 2 is 1.88 bits per heavy atom. The van der Waals surface area contributed by atoms with Crippen LogP contribution >= 0.6 is 12.2 Å². The SMILES string of the molecule is Cc1ccccc1OC[C@H](C)NC(=S)Nc1cccc(C(F)(F)F)c1. The van der Waals surface area contributed by atoms with Gasteiger partial charge in [0.2, 0.25) is 0 Å². The molecule has 2 rings (SSSR count). The van der Waals surface area contributed by atoms with Crippen molar-refractivity contribution in [2.75, 3.05) is 11.9 Å². The largest absolute Gasteiger partial charge is 0.491 e. The monoisotopic (exact) mass is 368 g/mol. The Balaban J connectivity index is 1.86. The van der Waals surface area contributed by atoms with Crippen LogP contribution in [0.2, 0.25) is 0 Å². The van der Waals surface area contributed by atoms with Crippen LogP contribution in [-0.4, -0.2) is 17.8 Å². The highest BCUT2D eigenvalue weighted by molar-refractivity contribution is 7.80. The minimum Gasteiger partial charge on any atom is -0.491 e. The van der Waals surface area contributed by atoms with Crippen LogP contribution in [0.3, 0.4) is 0 Å². The third-order valence-electron chi connectivity index (χ3n) is 3.41. The Labute approximate surface area is 150 Å². The fourth-order valence-electron chi connectivity index (χ4n) is 2.14. The number of anilines is 1. The number of hydrogen-bond acceptors (Lipinski definition) is 2. The van der Waals surface area contributed by atoms with Gasteiger partial charge in [0.05, 0.1) is 11.6 Å². The molecule has 25 heavy (non-hydrogen) atoms. The number of nitrogens with one attached hydrogen (secondary N) is 2. The van der Waals surface area contributed by atoms with Gasteiger partial charge in [-0.15, -0.1) is 0 Å². The molecule has 0 radical (unpaired) electrons. The lowest BCUT2D eigenvalue weighted by molar-refractivity contribution is -0.137. The van der Waals surface area contributed by atoms with E-state index >= 15 is 0 Å². The first-order chi connectivity index (χ1) is 11.8. The maximum atomic E-state index is 12.7. The number of para-hydroxylation sites is 1. The second-order valence-corrected chi connectivity index (χ2v) is 6.06. The maximum absolute atomic E-state index is 12.7. The van der Waals surface area contributed by atoms with E-state index in [4.69, 9.17) is 17.0 Å². The summed E-state index contributed by atoms with van der Waals surface area (Å²) in [6, 6.07) is 12.4. The van der Waals surface area contributed by atoms with E-state index in [1.54, 1.807) is 0 Å². The molecule has 2 aromatic carbocycles. The lowest BCUT2D eigenvalue weighted by Gasteiger charge is -2.18. The van der Waals surface area contributed by atoms with E-state index in [0.717, 1.165) is 23.4 Å². The van der Waals surface area contributed by atoms with E-state index in [-0.39, 0.29) is 16.8 Å². The molecular weight excluding hydrogens is 349 g/mol. The number of aryl methyl sites for hydroxylation is 1. The molecule has 0 unspecified atom stereocenters. The zero-order valence-electron chi connectivity index (χ0n) is 13.9. The summed E-state index contributed by atoms with van der Waals surface area (Å²) in [5, 5.41) is 5.99. The van der Waals surface area contributed by atoms with Crippen molar-refractivity contribution < 1.29 is 17.9 Å². The van der Waals surface area contributed by atoms with Gasteiger partial charge in [0.1, 0.15) is 12.4 Å². The first-order valence-corrected chi connectivity index (χ1v) is 8.10. The van der Waals surface area contributed by atoms with Crippen LogP contribution in [0.15, 0.2) is 48.5 Å². The second kappa shape index (κ2) is 8.20. The summed E-state index contributed by atoms with van der Waals surface area (Å²) >= 11 is 5.15. The van der Waals surface area contributed by atoms with Crippen LogP contribution in [-0.2, 0) is 6.18 Å². The molecule has 1 atom stereocenters. The van der Waals surface area contributed by atoms with Gasteiger partial charge in [-0.05, 0) is 55.9 Å². The fourth-order valence-corrected chi connectivity index (χ4v) is 2.46. The Bertz CT molecular complexity index is 734. The van der Waals surface area contributed by atoms with Crippen molar-refractivity contribution in [1.82, 2.24) is 5.32 Å². The average molecular weight is 368 g/mol. The summed E-state index contributed by atoms with van der Waals surface area (Å²) in [4.78, 5) is 0. The number of halogens is 3. The predicted octanol–water partition coefficient (Wildman–Crippen LogP) is 4.77. The molecule has 0 saturated heterocycles. The minimum absolute atomic E-state index is 0.120. The quantitative estimate of drug-likeness (QED) is 0.745. The highest BCUT2D eigenvalue weighted by Gasteiger charge is 2.30. The van der Waals surface area contributed by atoms with Crippen LogP contribution in [0.1, 0.15) is 18.1 Å². The fraction of sp³-hybridized carbons (Fsp3) is 0.278. The van der Waals surface area contributed by atoms with E-state index in [9.17, 15) is 13.2 Å². The maximum Gasteiger partial charge on any atom is 0.416 e. The molecule has 0 aliphatic rings. The average Bonchev–Trinajstić information content (AvgIpc) is 2.53. The summed E-state index contributed by atoms with van der Waals surface area (Å²) in [5.74, 6) is 0.785. The summed E-state index contributed by atoms with van der Waals surface area (Å²) < 4.78 is 43.9. The number of ether oxygens (including phenoxy) is 1. The van der Waals surface area contributed by atoms with Crippen molar-refractivity contribution in [1.29, 1.82) is 0 Å². The predicted molar refractivity (Wildman–Crippen MR) is 96.9 cm³/mol. The van der Waals surface area contributed by atoms with E-state index in [2.05, 4.69) is 10.6 Å². The summed E-state index contributed by atoms with van der Waals surface area (Å²) in [6.07, 6.45) is -4.39. The Kier molecular flexibility index (Phi) is 6.25. The van der Waals surface area contributed by atoms with Gasteiger partial charge >= 0.3 is 6.18 Å². The molecule has 0 saturated carbocycles. The van der Waals surface area contributed by atoms with Gasteiger partial charge in [0.15, 0.2) is 5.11 Å². The van der Waals surface area contributed by atoms with Gasteiger partial charge in [-0.2, -0.15) is 13.2 Å². The van der Waals surface area contributed by atoms with Crippen LogP contribution in [0.5, 0.6) is 5.75 Å². The van der Waals surface area contributed by atoms with E-state index < -0.39 is 11.7 Å². The highest BCUT2D eigenvalue weighted by atomic mass is 32.1. The Hall–Kier alpha value is -2.28. The van der Waals surface area contributed by atoms with Crippen molar-refractivity contribution in [3.63, 3.8) is 0 Å². The Morgan fingerprint density at radius 1 is 1.16 bits per heavy atom. The molecule has 0 aliphatic carbocycles. The lowest BCUT2D eigenvalue weighted by atomic mass is 10.2. The van der Waals surface area contributed by atoms with E-state index in [0.29, 0.717) is 6.61 Å². The third-order valence-corrected chi connectivity index (χ3v) is 3.63. The van der Waals surface area contributed by atoms with Crippen molar-refractivity contribution in [2.24, 2.45) is 0 Å². The normalized spacial score (nSPS) is 12.4. The van der Waals surface area contributed by atoms with Crippen LogP contribution < -0.4 is 15.4 Å². The molecule has 0 fully saturated rings. The molecule has 2 aromatic rings. The summed E-state index contributed by atoms with van der Waals surface area (Å²) in [7, 11) is 0. The topological polar surface area (TPSA) is 33.3 Å². The number of alkyl halides is 3.